The van der Waals surface area contributed by atoms with E-state index in [-0.39, 0.29) is 0 Å². The summed E-state index contributed by atoms with van der Waals surface area (Å²) in [6.45, 7) is 8.51. The summed E-state index contributed by atoms with van der Waals surface area (Å²) < 4.78 is 14.5. The summed E-state index contributed by atoms with van der Waals surface area (Å²) in [5.74, 6) is 0.823. The molecule has 0 radical (unpaired) electrons. The Morgan fingerprint density at radius 2 is 1.21 bits per heavy atom. The summed E-state index contributed by atoms with van der Waals surface area (Å²) in [7, 11) is -3.02. The predicted molar refractivity (Wildman–Crippen MR) is 125 cm³/mol. The number of benzene rings is 3. The van der Waals surface area contributed by atoms with Gasteiger partial charge < -0.3 is 4.57 Å². The van der Waals surface area contributed by atoms with E-state index >= 15 is 0 Å². The Bertz CT molecular complexity index is 961. The van der Waals surface area contributed by atoms with Crippen molar-refractivity contribution in [1.29, 1.82) is 0 Å². The van der Waals surface area contributed by atoms with E-state index in [0.29, 0.717) is 5.31 Å². The van der Waals surface area contributed by atoms with Crippen molar-refractivity contribution in [2.45, 2.75) is 19.6 Å². The van der Waals surface area contributed by atoms with Crippen LogP contribution in [-0.2, 0) is 10.3 Å². The van der Waals surface area contributed by atoms with E-state index in [1.807, 2.05) is 78.9 Å². The molecule has 0 aliphatic carbocycles. The summed E-state index contributed by atoms with van der Waals surface area (Å²) in [4.78, 5) is 1.03. The van der Waals surface area contributed by atoms with Crippen LogP contribution in [0.2, 0.25) is 0 Å². The molecule has 0 aliphatic heterocycles. The molecule has 0 aromatic heterocycles. The molecule has 0 spiro atoms. The Labute approximate surface area is 172 Å². The minimum absolute atomic E-state index is 0.714. The van der Waals surface area contributed by atoms with E-state index in [1.54, 1.807) is 11.8 Å². The third kappa shape index (κ3) is 4.41. The standard InChI is InChI=1S/C25H25OPS/c1-20(2)25(28-19-22-13-7-4-8-14-22)21(3)27(26,23-15-9-5-10-16-23)24-17-11-6-12-18-24/h4-18H,3,19H2,1-2H3. The second-order valence-corrected chi connectivity index (χ2v) is 10.6. The van der Waals surface area contributed by atoms with Gasteiger partial charge in [0.25, 0.3) is 0 Å². The Morgan fingerprint density at radius 3 is 1.64 bits per heavy atom. The van der Waals surface area contributed by atoms with Crippen molar-refractivity contribution >= 4 is 29.5 Å². The summed E-state index contributed by atoms with van der Waals surface area (Å²) in [6.07, 6.45) is 0. The molecule has 0 heterocycles. The van der Waals surface area contributed by atoms with E-state index in [9.17, 15) is 4.57 Å². The van der Waals surface area contributed by atoms with Gasteiger partial charge in [-0.3, -0.25) is 0 Å². The minimum Gasteiger partial charge on any atom is -0.309 e. The number of hydrogen-bond donors (Lipinski definition) is 0. The van der Waals surface area contributed by atoms with Crippen molar-refractivity contribution in [2.75, 3.05) is 0 Å². The Morgan fingerprint density at radius 1 is 0.786 bits per heavy atom. The zero-order chi connectivity index (χ0) is 20.0. The fraction of sp³-hybridized carbons (Fsp3) is 0.120. The lowest BCUT2D eigenvalue weighted by atomic mass is 10.2. The van der Waals surface area contributed by atoms with Crippen LogP contribution in [0, 0.1) is 0 Å². The largest absolute Gasteiger partial charge is 0.309 e. The lowest BCUT2D eigenvalue weighted by Gasteiger charge is -2.24. The van der Waals surface area contributed by atoms with Crippen LogP contribution < -0.4 is 10.6 Å². The third-order valence-corrected chi connectivity index (χ3v) is 9.17. The van der Waals surface area contributed by atoms with Crippen LogP contribution in [0.1, 0.15) is 19.4 Å². The molecule has 0 saturated heterocycles. The van der Waals surface area contributed by atoms with Crippen LogP contribution in [-0.4, -0.2) is 0 Å². The second-order valence-electron chi connectivity index (χ2n) is 6.83. The average Bonchev–Trinajstić information content (AvgIpc) is 2.75. The lowest BCUT2D eigenvalue weighted by molar-refractivity contribution is 0.591. The first-order valence-corrected chi connectivity index (χ1v) is 12.0. The Kier molecular flexibility index (Phi) is 6.78. The van der Waals surface area contributed by atoms with Crippen LogP contribution in [0.4, 0.5) is 0 Å². The van der Waals surface area contributed by atoms with Crippen molar-refractivity contribution in [3.8, 4) is 0 Å². The smallest absolute Gasteiger partial charge is 0.171 e. The van der Waals surface area contributed by atoms with Gasteiger partial charge in [0.2, 0.25) is 0 Å². The van der Waals surface area contributed by atoms with Gasteiger partial charge in [0.1, 0.15) is 0 Å². The van der Waals surface area contributed by atoms with Crippen molar-refractivity contribution in [2.24, 2.45) is 0 Å². The highest BCUT2D eigenvalue weighted by Gasteiger charge is 2.33. The SMILES string of the molecule is C=C(C(SCc1ccccc1)=C(C)C)P(=O)(c1ccccc1)c1ccccc1. The summed E-state index contributed by atoms with van der Waals surface area (Å²) in [5.41, 5.74) is 2.38. The van der Waals surface area contributed by atoms with Gasteiger partial charge in [-0.1, -0.05) is 103 Å². The highest BCUT2D eigenvalue weighted by molar-refractivity contribution is 8.03. The molecule has 3 rings (SSSR count). The van der Waals surface area contributed by atoms with Gasteiger partial charge in [0, 0.05) is 26.6 Å². The zero-order valence-electron chi connectivity index (χ0n) is 16.3. The van der Waals surface area contributed by atoms with Crippen molar-refractivity contribution < 1.29 is 4.57 Å². The van der Waals surface area contributed by atoms with Crippen LogP contribution in [0.15, 0.2) is 113 Å². The monoisotopic (exact) mass is 404 g/mol. The van der Waals surface area contributed by atoms with Gasteiger partial charge >= 0.3 is 0 Å². The first-order valence-electron chi connectivity index (χ1n) is 9.29. The topological polar surface area (TPSA) is 17.1 Å². The minimum atomic E-state index is -3.02. The highest BCUT2D eigenvalue weighted by Crippen LogP contribution is 2.56. The van der Waals surface area contributed by atoms with Crippen LogP contribution in [0.25, 0.3) is 0 Å². The molecule has 0 bridgehead atoms. The molecule has 3 aromatic carbocycles. The highest BCUT2D eigenvalue weighted by atomic mass is 32.2. The molecule has 0 fully saturated rings. The molecule has 3 heteroatoms. The summed E-state index contributed by atoms with van der Waals surface area (Å²) >= 11 is 1.71. The molecule has 28 heavy (non-hydrogen) atoms. The van der Waals surface area contributed by atoms with Crippen LogP contribution in [0.5, 0.6) is 0 Å². The molecular formula is C25H25OPS. The van der Waals surface area contributed by atoms with E-state index in [1.165, 1.54) is 5.56 Å². The molecule has 0 amide bonds. The fourth-order valence-corrected chi connectivity index (χ4v) is 7.28. The summed E-state index contributed by atoms with van der Waals surface area (Å²) in [5, 5.41) is 2.36. The van der Waals surface area contributed by atoms with E-state index < -0.39 is 7.14 Å². The molecular weight excluding hydrogens is 379 g/mol. The van der Waals surface area contributed by atoms with Crippen molar-refractivity contribution in [1.82, 2.24) is 0 Å². The van der Waals surface area contributed by atoms with Crippen molar-refractivity contribution in [3.05, 3.63) is 119 Å². The van der Waals surface area contributed by atoms with Gasteiger partial charge in [0.05, 0.1) is 0 Å². The van der Waals surface area contributed by atoms with Gasteiger partial charge in [-0.2, -0.15) is 0 Å². The quantitative estimate of drug-likeness (QED) is 0.320. The summed E-state index contributed by atoms with van der Waals surface area (Å²) in [6, 6.07) is 29.8. The number of rotatable bonds is 7. The maximum atomic E-state index is 14.5. The maximum absolute atomic E-state index is 14.5. The maximum Gasteiger partial charge on any atom is 0.171 e. The first-order chi connectivity index (χ1) is 13.5. The van der Waals surface area contributed by atoms with E-state index in [2.05, 4.69) is 32.6 Å². The molecule has 0 aliphatic rings. The van der Waals surface area contributed by atoms with E-state index in [4.69, 9.17) is 0 Å². The Hall–Kier alpha value is -2.28. The zero-order valence-corrected chi connectivity index (χ0v) is 18.0. The molecule has 3 aromatic rings. The Balaban J connectivity index is 2.02. The molecule has 142 valence electrons. The average molecular weight is 405 g/mol. The second kappa shape index (κ2) is 9.28. The van der Waals surface area contributed by atoms with Gasteiger partial charge in [-0.15, -0.1) is 11.8 Å². The van der Waals surface area contributed by atoms with Crippen LogP contribution >= 0.6 is 18.9 Å². The number of thioether (sulfide) groups is 1. The third-order valence-electron chi connectivity index (χ3n) is 4.56. The predicted octanol–water partition coefficient (Wildman–Crippen LogP) is 6.74. The van der Waals surface area contributed by atoms with Crippen LogP contribution in [0.3, 0.4) is 0 Å². The van der Waals surface area contributed by atoms with Crippen molar-refractivity contribution in [3.63, 3.8) is 0 Å². The lowest BCUT2D eigenvalue weighted by Crippen LogP contribution is -2.17. The van der Waals surface area contributed by atoms with Gasteiger partial charge in [-0.05, 0) is 19.4 Å². The number of hydrogen-bond acceptors (Lipinski definition) is 2. The normalized spacial score (nSPS) is 11.1. The molecule has 0 saturated carbocycles. The first kappa shape index (κ1) is 20.5. The molecule has 0 N–H and O–H groups in total. The molecule has 0 unspecified atom stereocenters. The van der Waals surface area contributed by atoms with E-state index in [0.717, 1.165) is 26.8 Å². The fourth-order valence-electron chi connectivity index (χ4n) is 3.13. The molecule has 0 atom stereocenters. The molecule has 1 nitrogen and oxygen atoms in total. The number of allylic oxidation sites excluding steroid dienone is 2. The van der Waals surface area contributed by atoms with Gasteiger partial charge in [0.15, 0.2) is 7.14 Å². The van der Waals surface area contributed by atoms with Gasteiger partial charge in [-0.25, -0.2) is 0 Å².